The van der Waals surface area contributed by atoms with Crippen molar-refractivity contribution in [3.8, 4) is 0 Å². The number of rotatable bonds is 4. The first-order valence-corrected chi connectivity index (χ1v) is 12.1. The number of benzene rings is 3. The number of alkyl halides is 1. The van der Waals surface area contributed by atoms with Crippen LogP contribution in [0.5, 0.6) is 0 Å². The highest BCUT2D eigenvalue weighted by molar-refractivity contribution is 7.97. The zero-order valence-electron chi connectivity index (χ0n) is 16.4. The average molecular weight is 500 g/mol. The van der Waals surface area contributed by atoms with Crippen molar-refractivity contribution in [2.24, 2.45) is 0 Å². The van der Waals surface area contributed by atoms with E-state index in [-0.39, 0.29) is 6.04 Å². The lowest BCUT2D eigenvalue weighted by molar-refractivity contribution is 0.365. The summed E-state index contributed by atoms with van der Waals surface area (Å²) >= 11 is 24.8. The molecule has 0 radical (unpaired) electrons. The van der Waals surface area contributed by atoms with E-state index in [4.69, 9.17) is 34.8 Å². The standard InChI is InChI=1S/C22H19Cl3N2S.CH3Cl/c23-17-6-4-16(5-7-17)22-15-26(28-21-3-1-2-19(25)14-21)12-13-27(22)20-10-8-18(24)9-11-20;1-2/h1-11,14,22H,12-13,15H2;1H3. The fourth-order valence-electron chi connectivity index (χ4n) is 3.43. The van der Waals surface area contributed by atoms with Crippen molar-refractivity contribution in [3.05, 3.63) is 93.4 Å². The summed E-state index contributed by atoms with van der Waals surface area (Å²) in [5, 5.41) is 2.27. The average Bonchev–Trinajstić information content (AvgIpc) is 2.76. The Balaban J connectivity index is 0.00000124. The van der Waals surface area contributed by atoms with Gasteiger partial charge in [0.25, 0.3) is 0 Å². The lowest BCUT2D eigenvalue weighted by Gasteiger charge is -2.42. The van der Waals surface area contributed by atoms with Crippen LogP contribution in [0.15, 0.2) is 77.7 Å². The van der Waals surface area contributed by atoms with Crippen LogP contribution in [0.4, 0.5) is 5.69 Å². The highest BCUT2D eigenvalue weighted by Crippen LogP contribution is 2.36. The molecule has 3 aromatic carbocycles. The van der Waals surface area contributed by atoms with Gasteiger partial charge in [-0.3, -0.25) is 0 Å². The Hall–Kier alpha value is -1.07. The van der Waals surface area contributed by atoms with Crippen LogP contribution < -0.4 is 4.90 Å². The number of hydrogen-bond acceptors (Lipinski definition) is 3. The van der Waals surface area contributed by atoms with E-state index in [2.05, 4.69) is 51.1 Å². The van der Waals surface area contributed by atoms with Crippen molar-refractivity contribution in [2.45, 2.75) is 10.9 Å². The van der Waals surface area contributed by atoms with Crippen LogP contribution in [0.3, 0.4) is 0 Å². The Bertz CT molecular complexity index is 935. The summed E-state index contributed by atoms with van der Waals surface area (Å²) in [7, 11) is 0. The predicted molar refractivity (Wildman–Crippen MR) is 134 cm³/mol. The first-order chi connectivity index (χ1) is 14.6. The number of nitrogens with zero attached hydrogens (tertiary/aromatic N) is 2. The van der Waals surface area contributed by atoms with E-state index < -0.39 is 0 Å². The lowest BCUT2D eigenvalue weighted by Crippen LogP contribution is -2.46. The van der Waals surface area contributed by atoms with Crippen LogP contribution in [0, 0.1) is 0 Å². The molecule has 3 aromatic rings. The molecule has 7 heteroatoms. The zero-order chi connectivity index (χ0) is 21.5. The number of anilines is 1. The molecule has 4 rings (SSSR count). The number of halogens is 4. The maximum atomic E-state index is 6.15. The predicted octanol–water partition coefficient (Wildman–Crippen LogP) is 8.07. The first kappa shape index (κ1) is 23.6. The van der Waals surface area contributed by atoms with Crippen molar-refractivity contribution >= 4 is 64.0 Å². The van der Waals surface area contributed by atoms with E-state index in [0.717, 1.165) is 39.6 Å². The largest absolute Gasteiger partial charge is 0.362 e. The second kappa shape index (κ2) is 11.5. The third-order valence-corrected chi connectivity index (χ3v) is 6.58. The maximum Gasteiger partial charge on any atom is 0.0679 e. The Labute approximate surface area is 202 Å². The topological polar surface area (TPSA) is 6.48 Å². The molecule has 0 N–H and O–H groups in total. The van der Waals surface area contributed by atoms with Crippen LogP contribution in [0.2, 0.25) is 15.1 Å². The molecule has 2 nitrogen and oxygen atoms in total. The molecule has 158 valence electrons. The molecule has 1 unspecified atom stereocenters. The van der Waals surface area contributed by atoms with Crippen molar-refractivity contribution in [1.82, 2.24) is 4.31 Å². The van der Waals surface area contributed by atoms with Crippen LogP contribution in [-0.4, -0.2) is 30.3 Å². The highest BCUT2D eigenvalue weighted by Gasteiger charge is 2.29. The summed E-state index contributed by atoms with van der Waals surface area (Å²) in [6.07, 6.45) is 1.47. The normalized spacial score (nSPS) is 16.7. The minimum absolute atomic E-state index is 0.221. The molecule has 0 saturated carbocycles. The third-order valence-electron chi connectivity index (χ3n) is 4.79. The van der Waals surface area contributed by atoms with E-state index in [1.165, 1.54) is 17.6 Å². The van der Waals surface area contributed by atoms with E-state index in [9.17, 15) is 0 Å². The van der Waals surface area contributed by atoms with Gasteiger partial charge in [-0.05, 0) is 72.1 Å². The summed E-state index contributed by atoms with van der Waals surface area (Å²) in [5.41, 5.74) is 2.42. The van der Waals surface area contributed by atoms with Gasteiger partial charge < -0.3 is 4.90 Å². The Kier molecular flexibility index (Phi) is 9.06. The quantitative estimate of drug-likeness (QED) is 0.264. The van der Waals surface area contributed by atoms with Crippen LogP contribution in [-0.2, 0) is 0 Å². The van der Waals surface area contributed by atoms with Gasteiger partial charge in [0.2, 0.25) is 0 Å². The van der Waals surface area contributed by atoms with E-state index >= 15 is 0 Å². The van der Waals surface area contributed by atoms with Gasteiger partial charge in [-0.2, -0.15) is 0 Å². The van der Waals surface area contributed by atoms with Gasteiger partial charge in [-0.15, -0.1) is 11.6 Å². The Morgan fingerprint density at radius 1 is 0.767 bits per heavy atom. The molecule has 0 amide bonds. The molecular formula is C23H22Cl4N2S. The highest BCUT2D eigenvalue weighted by atomic mass is 35.5. The van der Waals surface area contributed by atoms with Crippen molar-refractivity contribution in [1.29, 1.82) is 0 Å². The number of hydrogen-bond donors (Lipinski definition) is 0. The maximum absolute atomic E-state index is 6.15. The summed E-state index contributed by atoms with van der Waals surface area (Å²) < 4.78 is 2.40. The molecule has 1 fully saturated rings. The summed E-state index contributed by atoms with van der Waals surface area (Å²) in [5.74, 6) is 0. The summed E-state index contributed by atoms with van der Waals surface area (Å²) in [6, 6.07) is 24.4. The molecular weight excluding hydrogens is 478 g/mol. The molecule has 0 aliphatic carbocycles. The molecule has 1 aliphatic rings. The molecule has 0 bridgehead atoms. The van der Waals surface area contributed by atoms with Crippen molar-refractivity contribution in [3.63, 3.8) is 0 Å². The van der Waals surface area contributed by atoms with Gasteiger partial charge in [0.1, 0.15) is 0 Å². The van der Waals surface area contributed by atoms with E-state index in [1.54, 1.807) is 11.9 Å². The van der Waals surface area contributed by atoms with Crippen molar-refractivity contribution in [2.75, 3.05) is 30.9 Å². The molecule has 1 aliphatic heterocycles. The smallest absolute Gasteiger partial charge is 0.0679 e. The van der Waals surface area contributed by atoms with Crippen LogP contribution in [0.25, 0.3) is 0 Å². The third kappa shape index (κ3) is 6.23. The van der Waals surface area contributed by atoms with Gasteiger partial charge in [0, 0.05) is 51.7 Å². The molecule has 30 heavy (non-hydrogen) atoms. The van der Waals surface area contributed by atoms with E-state index in [1.807, 2.05) is 42.5 Å². The minimum Gasteiger partial charge on any atom is -0.362 e. The van der Waals surface area contributed by atoms with Gasteiger partial charge in [0.15, 0.2) is 0 Å². The SMILES string of the molecule is CCl.Clc1ccc(C2CN(Sc3cccc(Cl)c3)CCN2c2ccc(Cl)cc2)cc1. The Morgan fingerprint density at radius 2 is 1.40 bits per heavy atom. The summed E-state index contributed by atoms with van der Waals surface area (Å²) in [6.45, 7) is 2.76. The second-order valence-corrected chi connectivity index (χ2v) is 9.15. The molecule has 0 spiro atoms. The Morgan fingerprint density at radius 3 is 2.03 bits per heavy atom. The van der Waals surface area contributed by atoms with Gasteiger partial charge in [-0.1, -0.05) is 53.0 Å². The molecule has 0 aromatic heterocycles. The van der Waals surface area contributed by atoms with Gasteiger partial charge in [-0.25, -0.2) is 4.31 Å². The van der Waals surface area contributed by atoms with Gasteiger partial charge in [0.05, 0.1) is 6.04 Å². The molecule has 1 atom stereocenters. The van der Waals surface area contributed by atoms with Crippen LogP contribution >= 0.6 is 58.4 Å². The van der Waals surface area contributed by atoms with Crippen molar-refractivity contribution < 1.29 is 0 Å². The van der Waals surface area contributed by atoms with Crippen LogP contribution in [0.1, 0.15) is 11.6 Å². The van der Waals surface area contributed by atoms with E-state index in [0.29, 0.717) is 0 Å². The minimum atomic E-state index is 0.221. The second-order valence-electron chi connectivity index (χ2n) is 6.67. The fraction of sp³-hybridized carbons (Fsp3) is 0.217. The first-order valence-electron chi connectivity index (χ1n) is 9.42. The zero-order valence-corrected chi connectivity index (χ0v) is 20.3. The fourth-order valence-corrected chi connectivity index (χ4v) is 4.94. The van der Waals surface area contributed by atoms with Gasteiger partial charge >= 0.3 is 0 Å². The number of piperazine rings is 1. The molecule has 1 heterocycles. The monoisotopic (exact) mass is 498 g/mol. The lowest BCUT2D eigenvalue weighted by atomic mass is 10.0. The molecule has 1 saturated heterocycles. The summed E-state index contributed by atoms with van der Waals surface area (Å²) in [4.78, 5) is 3.59.